The van der Waals surface area contributed by atoms with E-state index in [0.29, 0.717) is 6.10 Å². The molecule has 3 heteroatoms. The predicted molar refractivity (Wildman–Crippen MR) is 93.1 cm³/mol. The lowest BCUT2D eigenvalue weighted by Gasteiger charge is -2.38. The van der Waals surface area contributed by atoms with E-state index >= 15 is 0 Å². The number of esters is 1. The summed E-state index contributed by atoms with van der Waals surface area (Å²) in [7, 11) is 0. The minimum absolute atomic E-state index is 0.0453. The highest BCUT2D eigenvalue weighted by Gasteiger charge is 2.62. The Labute approximate surface area is 146 Å². The maximum atomic E-state index is 12.3. The molecule has 0 aliphatic heterocycles. The lowest BCUT2D eigenvalue weighted by atomic mass is 9.70. The Morgan fingerprint density at radius 2 is 1.75 bits per heavy atom. The van der Waals surface area contributed by atoms with Crippen molar-refractivity contribution >= 4 is 5.97 Å². The maximum absolute atomic E-state index is 12.3. The summed E-state index contributed by atoms with van der Waals surface area (Å²) in [4.78, 5) is 12.3. The minimum Gasteiger partial charge on any atom is -0.438 e. The summed E-state index contributed by atoms with van der Waals surface area (Å²) >= 11 is 0. The van der Waals surface area contributed by atoms with Crippen LogP contribution in [0.15, 0.2) is 0 Å². The van der Waals surface area contributed by atoms with E-state index in [1.165, 1.54) is 32.1 Å². The van der Waals surface area contributed by atoms with E-state index in [1.807, 2.05) is 0 Å². The Bertz CT molecular complexity index is 494. The second-order valence-electron chi connectivity index (χ2n) is 10.00. The summed E-state index contributed by atoms with van der Waals surface area (Å²) in [5, 5.41) is 0. The van der Waals surface area contributed by atoms with Crippen molar-refractivity contribution in [3.05, 3.63) is 0 Å². The van der Waals surface area contributed by atoms with Gasteiger partial charge in [-0.05, 0) is 79.4 Å². The molecular formula is C21H34O3. The zero-order valence-corrected chi connectivity index (χ0v) is 15.8. The summed E-state index contributed by atoms with van der Waals surface area (Å²) < 4.78 is 11.6. The standard InChI is InChI=1S/C21H34O3/c1-5-16(21(2,3)4)20(22)24-11-23-17-10-14-9-15(17)19-13-7-6-12(8-13)18(14)19/h12-19H,5-11H2,1-4H3. The zero-order valence-electron chi connectivity index (χ0n) is 15.8. The van der Waals surface area contributed by atoms with Crippen LogP contribution < -0.4 is 0 Å². The largest absolute Gasteiger partial charge is 0.438 e. The van der Waals surface area contributed by atoms with Crippen molar-refractivity contribution in [2.45, 2.75) is 72.3 Å². The lowest BCUT2D eigenvalue weighted by molar-refractivity contribution is -0.174. The van der Waals surface area contributed by atoms with Crippen LogP contribution in [0, 0.1) is 46.8 Å². The normalized spacial score (nSPS) is 43.9. The fourth-order valence-corrected chi connectivity index (χ4v) is 7.11. The average molecular weight is 335 g/mol. The van der Waals surface area contributed by atoms with Gasteiger partial charge in [0, 0.05) is 0 Å². The van der Waals surface area contributed by atoms with Crippen LogP contribution in [0.5, 0.6) is 0 Å². The van der Waals surface area contributed by atoms with Crippen LogP contribution in [0.25, 0.3) is 0 Å². The Hall–Kier alpha value is -0.570. The first-order chi connectivity index (χ1) is 11.4. The highest BCUT2D eigenvalue weighted by molar-refractivity contribution is 5.73. The molecule has 0 heterocycles. The second kappa shape index (κ2) is 6.00. The highest BCUT2D eigenvalue weighted by Crippen LogP contribution is 2.67. The smallest absolute Gasteiger partial charge is 0.311 e. The second-order valence-corrected chi connectivity index (χ2v) is 10.00. The molecule has 4 bridgehead atoms. The first kappa shape index (κ1) is 16.9. The lowest BCUT2D eigenvalue weighted by Crippen LogP contribution is -2.37. The van der Waals surface area contributed by atoms with Crippen molar-refractivity contribution < 1.29 is 14.3 Å². The molecule has 0 radical (unpaired) electrons. The van der Waals surface area contributed by atoms with Crippen molar-refractivity contribution in [3.8, 4) is 0 Å². The molecule has 0 spiro atoms. The van der Waals surface area contributed by atoms with Gasteiger partial charge in [0.1, 0.15) is 0 Å². The maximum Gasteiger partial charge on any atom is 0.311 e. The monoisotopic (exact) mass is 334 g/mol. The fourth-order valence-electron chi connectivity index (χ4n) is 7.11. The van der Waals surface area contributed by atoms with Gasteiger partial charge in [0.05, 0.1) is 12.0 Å². The molecular weight excluding hydrogens is 300 g/mol. The van der Waals surface area contributed by atoms with Gasteiger partial charge >= 0.3 is 5.97 Å². The van der Waals surface area contributed by atoms with Crippen LogP contribution in [0.2, 0.25) is 0 Å². The number of hydrogen-bond donors (Lipinski definition) is 0. The molecule has 8 atom stereocenters. The van der Waals surface area contributed by atoms with E-state index in [0.717, 1.165) is 41.9 Å². The molecule has 0 saturated heterocycles. The van der Waals surface area contributed by atoms with Crippen molar-refractivity contribution in [1.29, 1.82) is 0 Å². The Balaban J connectivity index is 1.28. The van der Waals surface area contributed by atoms with E-state index in [1.54, 1.807) is 0 Å². The molecule has 4 rings (SSSR count). The summed E-state index contributed by atoms with van der Waals surface area (Å²) in [5.41, 5.74) is -0.0471. The number of rotatable bonds is 5. The van der Waals surface area contributed by atoms with Gasteiger partial charge in [-0.25, -0.2) is 0 Å². The molecule has 0 N–H and O–H groups in total. The van der Waals surface area contributed by atoms with Gasteiger partial charge in [-0.3, -0.25) is 4.79 Å². The van der Waals surface area contributed by atoms with Crippen LogP contribution in [-0.2, 0) is 14.3 Å². The molecule has 4 fully saturated rings. The molecule has 8 unspecified atom stereocenters. The Morgan fingerprint density at radius 3 is 2.42 bits per heavy atom. The summed E-state index contributed by atoms with van der Waals surface area (Å²) in [6.45, 7) is 8.53. The summed E-state index contributed by atoms with van der Waals surface area (Å²) in [6, 6.07) is 0. The van der Waals surface area contributed by atoms with Crippen LogP contribution in [0.3, 0.4) is 0 Å². The van der Waals surface area contributed by atoms with E-state index in [2.05, 4.69) is 27.7 Å². The topological polar surface area (TPSA) is 35.5 Å². The summed E-state index contributed by atoms with van der Waals surface area (Å²) in [5.74, 6) is 5.47. The Morgan fingerprint density at radius 1 is 1.04 bits per heavy atom. The third-order valence-corrected chi connectivity index (χ3v) is 7.89. The number of fused-ring (bicyclic) bond motifs is 9. The van der Waals surface area contributed by atoms with Gasteiger partial charge in [0.15, 0.2) is 6.79 Å². The van der Waals surface area contributed by atoms with E-state index in [-0.39, 0.29) is 24.1 Å². The number of carbonyl (C=O) groups excluding carboxylic acids is 1. The molecule has 0 aromatic carbocycles. The van der Waals surface area contributed by atoms with E-state index in [9.17, 15) is 4.79 Å². The van der Waals surface area contributed by atoms with Crippen molar-refractivity contribution in [1.82, 2.24) is 0 Å². The molecule has 4 aliphatic rings. The van der Waals surface area contributed by atoms with Gasteiger partial charge in [-0.15, -0.1) is 0 Å². The van der Waals surface area contributed by atoms with Gasteiger partial charge in [0.25, 0.3) is 0 Å². The summed E-state index contributed by atoms with van der Waals surface area (Å²) in [6.07, 6.45) is 8.20. The van der Waals surface area contributed by atoms with Crippen molar-refractivity contribution in [2.75, 3.05) is 6.79 Å². The first-order valence-electron chi connectivity index (χ1n) is 10.2. The number of ether oxygens (including phenoxy) is 2. The third-order valence-electron chi connectivity index (χ3n) is 7.89. The Kier molecular flexibility index (Phi) is 4.22. The van der Waals surface area contributed by atoms with Crippen molar-refractivity contribution in [3.63, 3.8) is 0 Å². The molecule has 4 aliphatic carbocycles. The van der Waals surface area contributed by atoms with E-state index < -0.39 is 0 Å². The number of hydrogen-bond acceptors (Lipinski definition) is 3. The molecule has 4 saturated carbocycles. The first-order valence-corrected chi connectivity index (χ1v) is 10.2. The van der Waals surface area contributed by atoms with Crippen LogP contribution in [-0.4, -0.2) is 18.9 Å². The predicted octanol–water partition coefficient (Wildman–Crippen LogP) is 4.65. The van der Waals surface area contributed by atoms with Gasteiger partial charge in [0.2, 0.25) is 0 Å². The molecule has 3 nitrogen and oxygen atoms in total. The highest BCUT2D eigenvalue weighted by atomic mass is 16.7. The molecule has 0 amide bonds. The molecule has 0 aromatic heterocycles. The quantitative estimate of drug-likeness (QED) is 0.417. The number of carbonyl (C=O) groups is 1. The molecule has 0 aromatic rings. The van der Waals surface area contributed by atoms with Gasteiger partial charge in [-0.1, -0.05) is 27.7 Å². The molecule has 24 heavy (non-hydrogen) atoms. The van der Waals surface area contributed by atoms with Crippen molar-refractivity contribution in [2.24, 2.45) is 46.8 Å². The SMILES string of the molecule is CCC(C(=O)OCOC1CC2CC1C1C3CCC(C3)C21)C(C)(C)C. The van der Waals surface area contributed by atoms with Gasteiger partial charge < -0.3 is 9.47 Å². The molecule has 136 valence electrons. The third kappa shape index (κ3) is 2.62. The van der Waals surface area contributed by atoms with Crippen LogP contribution in [0.1, 0.15) is 66.2 Å². The van der Waals surface area contributed by atoms with E-state index in [4.69, 9.17) is 9.47 Å². The van der Waals surface area contributed by atoms with Crippen LogP contribution >= 0.6 is 0 Å². The van der Waals surface area contributed by atoms with Crippen LogP contribution in [0.4, 0.5) is 0 Å². The fraction of sp³-hybridized carbons (Fsp3) is 0.952. The zero-order chi connectivity index (χ0) is 17.1. The van der Waals surface area contributed by atoms with Gasteiger partial charge in [-0.2, -0.15) is 0 Å². The average Bonchev–Trinajstić information content (AvgIpc) is 3.25. The minimum atomic E-state index is -0.0917.